The maximum atomic E-state index is 11.8. The fraction of sp³-hybridized carbons (Fsp3) is 0.800. The molecule has 126 valence electrons. The highest BCUT2D eigenvalue weighted by Crippen LogP contribution is 2.19. The van der Waals surface area contributed by atoms with Gasteiger partial charge in [-0.15, -0.1) is 0 Å². The van der Waals surface area contributed by atoms with E-state index >= 15 is 0 Å². The number of hydrogen-bond acceptors (Lipinski definition) is 4. The molecule has 0 bridgehead atoms. The third-order valence-corrected chi connectivity index (χ3v) is 6.23. The Hall–Kier alpha value is -0.920. The highest BCUT2D eigenvalue weighted by atomic mass is 32.2. The average Bonchev–Trinajstić information content (AvgIpc) is 2.86. The number of rotatable bonds is 7. The van der Waals surface area contributed by atoms with Gasteiger partial charge in [0.1, 0.15) is 0 Å². The van der Waals surface area contributed by atoms with Crippen molar-refractivity contribution < 1.29 is 8.42 Å². The van der Waals surface area contributed by atoms with E-state index in [1.165, 1.54) is 29.1 Å². The van der Waals surface area contributed by atoms with E-state index in [-0.39, 0.29) is 5.75 Å². The molecule has 7 heteroatoms. The summed E-state index contributed by atoms with van der Waals surface area (Å²) in [7, 11) is 0.110. The Balaban J connectivity index is 1.87. The molecule has 0 unspecified atom stereocenters. The van der Waals surface area contributed by atoms with Gasteiger partial charge in [-0.3, -0.25) is 9.58 Å². The number of aryl methyl sites for hydroxylation is 1. The van der Waals surface area contributed by atoms with Crippen LogP contribution in [-0.2, 0) is 16.6 Å². The third-order valence-electron chi connectivity index (χ3n) is 4.31. The van der Waals surface area contributed by atoms with Crippen LogP contribution in [0.4, 0.5) is 0 Å². The highest BCUT2D eigenvalue weighted by Gasteiger charge is 2.23. The molecule has 1 aromatic rings. The molecule has 0 N–H and O–H groups in total. The van der Waals surface area contributed by atoms with Crippen LogP contribution in [0.25, 0.3) is 0 Å². The summed E-state index contributed by atoms with van der Waals surface area (Å²) in [5.74, 6) is 0.226. The molecule has 1 fully saturated rings. The van der Waals surface area contributed by atoms with Gasteiger partial charge in [-0.05, 0) is 44.8 Å². The Kier molecular flexibility index (Phi) is 6.00. The van der Waals surface area contributed by atoms with Crippen LogP contribution in [0.3, 0.4) is 0 Å². The minimum absolute atomic E-state index is 0.226. The Morgan fingerprint density at radius 1 is 1.36 bits per heavy atom. The SMILES string of the molecule is Cc1cnn(C[C@H]2CCCCN2CCCS(=O)(=O)N(C)C)c1. The minimum Gasteiger partial charge on any atom is -0.299 e. The van der Waals surface area contributed by atoms with Crippen LogP contribution >= 0.6 is 0 Å². The van der Waals surface area contributed by atoms with E-state index in [4.69, 9.17) is 0 Å². The third kappa shape index (κ3) is 4.79. The molecular weight excluding hydrogens is 300 g/mol. The van der Waals surface area contributed by atoms with Gasteiger partial charge in [0, 0.05) is 26.3 Å². The molecular formula is C15H28N4O2S. The summed E-state index contributed by atoms with van der Waals surface area (Å²) in [5.41, 5.74) is 1.18. The summed E-state index contributed by atoms with van der Waals surface area (Å²) in [6.07, 6.45) is 8.26. The van der Waals surface area contributed by atoms with Crippen LogP contribution in [0.5, 0.6) is 0 Å². The molecule has 0 aliphatic carbocycles. The van der Waals surface area contributed by atoms with Crippen molar-refractivity contribution >= 4 is 10.0 Å². The summed E-state index contributed by atoms with van der Waals surface area (Å²) in [5, 5.41) is 4.37. The lowest BCUT2D eigenvalue weighted by Crippen LogP contribution is -2.43. The maximum Gasteiger partial charge on any atom is 0.213 e. The zero-order valence-corrected chi connectivity index (χ0v) is 14.7. The second-order valence-corrected chi connectivity index (χ2v) is 8.68. The molecule has 1 atom stereocenters. The zero-order valence-electron chi connectivity index (χ0n) is 13.9. The molecule has 1 aromatic heterocycles. The quantitative estimate of drug-likeness (QED) is 0.758. The van der Waals surface area contributed by atoms with Crippen molar-refractivity contribution in [3.05, 3.63) is 18.0 Å². The number of sulfonamides is 1. The molecule has 2 heterocycles. The highest BCUT2D eigenvalue weighted by molar-refractivity contribution is 7.89. The van der Waals surface area contributed by atoms with Crippen molar-refractivity contribution in [1.82, 2.24) is 19.0 Å². The zero-order chi connectivity index (χ0) is 16.2. The van der Waals surface area contributed by atoms with Crippen molar-refractivity contribution in [2.75, 3.05) is 32.9 Å². The first-order valence-corrected chi connectivity index (χ1v) is 9.63. The summed E-state index contributed by atoms with van der Waals surface area (Å²) in [6.45, 7) is 4.85. The van der Waals surface area contributed by atoms with Crippen LogP contribution < -0.4 is 0 Å². The van der Waals surface area contributed by atoms with Crippen LogP contribution in [0.1, 0.15) is 31.2 Å². The topological polar surface area (TPSA) is 58.4 Å². The number of likely N-dealkylation sites (tertiary alicyclic amines) is 1. The monoisotopic (exact) mass is 328 g/mol. The number of nitrogens with zero attached hydrogens (tertiary/aromatic N) is 4. The molecule has 0 spiro atoms. The van der Waals surface area contributed by atoms with E-state index < -0.39 is 10.0 Å². The predicted octanol–water partition coefficient (Wildman–Crippen LogP) is 1.33. The van der Waals surface area contributed by atoms with E-state index in [0.717, 1.165) is 19.6 Å². The summed E-state index contributed by atoms with van der Waals surface area (Å²) >= 11 is 0. The van der Waals surface area contributed by atoms with E-state index in [9.17, 15) is 8.42 Å². The van der Waals surface area contributed by atoms with Crippen molar-refractivity contribution in [3.63, 3.8) is 0 Å². The van der Waals surface area contributed by atoms with Gasteiger partial charge >= 0.3 is 0 Å². The van der Waals surface area contributed by atoms with E-state index in [2.05, 4.69) is 16.2 Å². The first kappa shape index (κ1) is 17.4. The van der Waals surface area contributed by atoms with Gasteiger partial charge in [-0.2, -0.15) is 5.10 Å². The predicted molar refractivity (Wildman–Crippen MR) is 88.3 cm³/mol. The molecule has 2 rings (SSSR count). The molecule has 1 aliphatic heterocycles. The van der Waals surface area contributed by atoms with E-state index in [0.29, 0.717) is 12.5 Å². The molecule has 0 amide bonds. The van der Waals surface area contributed by atoms with Crippen molar-refractivity contribution in [1.29, 1.82) is 0 Å². The van der Waals surface area contributed by atoms with Crippen molar-refractivity contribution in [2.24, 2.45) is 0 Å². The first-order chi connectivity index (χ1) is 10.4. The van der Waals surface area contributed by atoms with Gasteiger partial charge in [0.05, 0.1) is 18.5 Å². The fourth-order valence-corrected chi connectivity index (χ4v) is 3.84. The Labute approximate surface area is 134 Å². The number of hydrogen-bond donors (Lipinski definition) is 0. The van der Waals surface area contributed by atoms with E-state index in [1.807, 2.05) is 17.8 Å². The van der Waals surface area contributed by atoms with Gasteiger partial charge in [0.25, 0.3) is 0 Å². The standard InChI is InChI=1S/C15H28N4O2S/c1-14-11-16-19(12-14)13-15-7-4-5-8-18(15)9-6-10-22(20,21)17(2)3/h11-12,15H,4-10,13H2,1-3H3/t15-/m1/s1. The normalized spacial score (nSPS) is 20.6. The van der Waals surface area contributed by atoms with Crippen LogP contribution in [-0.4, -0.2) is 66.4 Å². The molecule has 22 heavy (non-hydrogen) atoms. The molecule has 6 nitrogen and oxygen atoms in total. The fourth-order valence-electron chi connectivity index (χ4n) is 2.98. The lowest BCUT2D eigenvalue weighted by atomic mass is 10.0. The number of aromatic nitrogens is 2. The van der Waals surface area contributed by atoms with Gasteiger partial charge < -0.3 is 0 Å². The molecule has 0 saturated carbocycles. The van der Waals surface area contributed by atoms with Gasteiger partial charge in [0.15, 0.2) is 0 Å². The summed E-state index contributed by atoms with van der Waals surface area (Å²) in [4.78, 5) is 2.44. The Morgan fingerprint density at radius 3 is 2.77 bits per heavy atom. The second kappa shape index (κ2) is 7.57. The molecule has 0 radical (unpaired) electrons. The van der Waals surface area contributed by atoms with Gasteiger partial charge in [-0.1, -0.05) is 6.42 Å². The van der Waals surface area contributed by atoms with E-state index in [1.54, 1.807) is 14.1 Å². The van der Waals surface area contributed by atoms with Crippen molar-refractivity contribution in [3.8, 4) is 0 Å². The summed E-state index contributed by atoms with van der Waals surface area (Å²) < 4.78 is 27.0. The average molecular weight is 328 g/mol. The molecule has 0 aromatic carbocycles. The lowest BCUT2D eigenvalue weighted by Gasteiger charge is -2.35. The van der Waals surface area contributed by atoms with Crippen molar-refractivity contribution in [2.45, 2.75) is 45.2 Å². The van der Waals surface area contributed by atoms with Crippen LogP contribution in [0.15, 0.2) is 12.4 Å². The second-order valence-electron chi connectivity index (χ2n) is 6.38. The summed E-state index contributed by atoms with van der Waals surface area (Å²) in [6, 6.07) is 0.468. The Bertz CT molecular complexity index is 568. The molecule has 1 saturated heterocycles. The maximum absolute atomic E-state index is 11.8. The smallest absolute Gasteiger partial charge is 0.213 e. The van der Waals surface area contributed by atoms with Gasteiger partial charge in [-0.25, -0.2) is 12.7 Å². The van der Waals surface area contributed by atoms with Gasteiger partial charge in [0.2, 0.25) is 10.0 Å². The minimum atomic E-state index is -3.08. The lowest BCUT2D eigenvalue weighted by molar-refractivity contribution is 0.130. The van der Waals surface area contributed by atoms with Crippen LogP contribution in [0, 0.1) is 6.92 Å². The van der Waals surface area contributed by atoms with Crippen LogP contribution in [0.2, 0.25) is 0 Å². The number of piperidine rings is 1. The molecule has 1 aliphatic rings. The Morgan fingerprint density at radius 2 is 2.14 bits per heavy atom. The largest absolute Gasteiger partial charge is 0.299 e. The first-order valence-electron chi connectivity index (χ1n) is 8.02.